The van der Waals surface area contributed by atoms with E-state index >= 15 is 0 Å². The molecule has 0 unspecified atom stereocenters. The number of halogens is 3. The quantitative estimate of drug-likeness (QED) is 0.819. The SMILES string of the molecule is O=C1c2cc(CN3CCOCC3)cc(C(F)(F)F)c2CN1c1ccccc1. The molecule has 27 heavy (non-hydrogen) atoms. The monoisotopic (exact) mass is 376 g/mol. The largest absolute Gasteiger partial charge is 0.416 e. The van der Waals surface area contributed by atoms with Crippen LogP contribution in [0, 0.1) is 0 Å². The predicted molar refractivity (Wildman–Crippen MR) is 94.5 cm³/mol. The van der Waals surface area contributed by atoms with Crippen LogP contribution in [-0.2, 0) is 24.0 Å². The van der Waals surface area contributed by atoms with Gasteiger partial charge in [-0.3, -0.25) is 9.69 Å². The molecule has 2 aromatic rings. The average Bonchev–Trinajstić information content (AvgIpc) is 2.99. The second kappa shape index (κ2) is 6.98. The van der Waals surface area contributed by atoms with Gasteiger partial charge in [-0.15, -0.1) is 0 Å². The summed E-state index contributed by atoms with van der Waals surface area (Å²) in [5.41, 5.74) is 0.599. The van der Waals surface area contributed by atoms with E-state index in [1.54, 1.807) is 36.4 Å². The number of rotatable bonds is 3. The number of ether oxygens (including phenoxy) is 1. The van der Waals surface area contributed by atoms with Crippen LogP contribution in [0.15, 0.2) is 42.5 Å². The van der Waals surface area contributed by atoms with Gasteiger partial charge in [-0.25, -0.2) is 0 Å². The van der Waals surface area contributed by atoms with Gasteiger partial charge in [0.1, 0.15) is 0 Å². The lowest BCUT2D eigenvalue weighted by molar-refractivity contribution is -0.138. The first-order valence-electron chi connectivity index (χ1n) is 8.83. The third kappa shape index (κ3) is 3.57. The van der Waals surface area contributed by atoms with Gasteiger partial charge in [0, 0.05) is 30.9 Å². The van der Waals surface area contributed by atoms with Gasteiger partial charge in [-0.1, -0.05) is 18.2 Å². The predicted octanol–water partition coefficient (Wildman–Crippen LogP) is 3.70. The number of hydrogen-bond acceptors (Lipinski definition) is 3. The van der Waals surface area contributed by atoms with Crippen LogP contribution in [-0.4, -0.2) is 37.1 Å². The molecule has 1 saturated heterocycles. The Morgan fingerprint density at radius 3 is 2.41 bits per heavy atom. The molecule has 0 bridgehead atoms. The van der Waals surface area contributed by atoms with Gasteiger partial charge in [-0.2, -0.15) is 13.2 Å². The highest BCUT2D eigenvalue weighted by Gasteiger charge is 2.40. The number of amides is 1. The van der Waals surface area contributed by atoms with E-state index in [4.69, 9.17) is 4.74 Å². The van der Waals surface area contributed by atoms with Gasteiger partial charge in [0.2, 0.25) is 0 Å². The first kappa shape index (κ1) is 18.0. The smallest absolute Gasteiger partial charge is 0.379 e. The van der Waals surface area contributed by atoms with Crippen LogP contribution in [0.1, 0.15) is 27.0 Å². The minimum Gasteiger partial charge on any atom is -0.379 e. The van der Waals surface area contributed by atoms with Gasteiger partial charge in [0.25, 0.3) is 5.91 Å². The fraction of sp³-hybridized carbons (Fsp3) is 0.350. The summed E-state index contributed by atoms with van der Waals surface area (Å²) in [5.74, 6) is -0.384. The molecule has 0 aliphatic carbocycles. The summed E-state index contributed by atoms with van der Waals surface area (Å²) in [4.78, 5) is 16.3. The molecular formula is C20H19F3N2O2. The molecule has 2 aliphatic rings. The zero-order valence-corrected chi connectivity index (χ0v) is 14.6. The Labute approximate surface area is 155 Å². The van der Waals surface area contributed by atoms with E-state index in [0.29, 0.717) is 44.1 Å². The first-order chi connectivity index (χ1) is 12.9. The molecule has 1 fully saturated rings. The number of para-hydroxylation sites is 1. The Morgan fingerprint density at radius 1 is 1.04 bits per heavy atom. The summed E-state index contributed by atoms with van der Waals surface area (Å²) < 4.78 is 46.4. The number of hydrogen-bond donors (Lipinski definition) is 0. The zero-order chi connectivity index (χ0) is 19.0. The molecule has 2 heterocycles. The van der Waals surface area contributed by atoms with Crippen molar-refractivity contribution in [2.24, 2.45) is 0 Å². The lowest BCUT2D eigenvalue weighted by Gasteiger charge is -2.27. The highest BCUT2D eigenvalue weighted by atomic mass is 19.4. The highest BCUT2D eigenvalue weighted by Crippen LogP contribution is 2.39. The molecular weight excluding hydrogens is 357 g/mol. The van der Waals surface area contributed by atoms with E-state index in [2.05, 4.69) is 0 Å². The Kier molecular flexibility index (Phi) is 4.65. The van der Waals surface area contributed by atoms with Crippen molar-refractivity contribution < 1.29 is 22.7 Å². The normalized spacial score (nSPS) is 18.0. The van der Waals surface area contributed by atoms with Crippen LogP contribution >= 0.6 is 0 Å². The second-order valence-electron chi connectivity index (χ2n) is 6.78. The van der Waals surface area contributed by atoms with Crippen molar-refractivity contribution in [1.29, 1.82) is 0 Å². The fourth-order valence-corrected chi connectivity index (χ4v) is 3.65. The van der Waals surface area contributed by atoms with Crippen LogP contribution in [0.25, 0.3) is 0 Å². The van der Waals surface area contributed by atoms with Crippen molar-refractivity contribution in [2.45, 2.75) is 19.3 Å². The molecule has 0 aromatic heterocycles. The maximum Gasteiger partial charge on any atom is 0.416 e. The number of alkyl halides is 3. The van der Waals surface area contributed by atoms with Gasteiger partial charge < -0.3 is 9.64 Å². The van der Waals surface area contributed by atoms with Gasteiger partial charge >= 0.3 is 6.18 Å². The topological polar surface area (TPSA) is 32.8 Å². The minimum absolute atomic E-state index is 0.0575. The van der Waals surface area contributed by atoms with Crippen molar-refractivity contribution >= 4 is 11.6 Å². The third-order valence-corrected chi connectivity index (χ3v) is 4.98. The summed E-state index contributed by atoms with van der Waals surface area (Å²) in [6.07, 6.45) is -4.50. The van der Waals surface area contributed by atoms with Crippen LogP contribution in [0.5, 0.6) is 0 Å². The molecule has 2 aliphatic heterocycles. The molecule has 4 nitrogen and oxygen atoms in total. The van der Waals surface area contributed by atoms with Crippen molar-refractivity contribution in [2.75, 3.05) is 31.2 Å². The molecule has 2 aromatic carbocycles. The Balaban J connectivity index is 1.71. The summed E-state index contributed by atoms with van der Waals surface area (Å²) in [7, 11) is 0. The number of carbonyl (C=O) groups is 1. The first-order valence-corrected chi connectivity index (χ1v) is 8.83. The number of nitrogens with zero attached hydrogens (tertiary/aromatic N) is 2. The molecule has 1 amide bonds. The zero-order valence-electron chi connectivity index (χ0n) is 14.6. The van der Waals surface area contributed by atoms with Gasteiger partial charge in [0.15, 0.2) is 0 Å². The van der Waals surface area contributed by atoms with Crippen LogP contribution in [0.2, 0.25) is 0 Å². The Morgan fingerprint density at radius 2 is 1.74 bits per heavy atom. The molecule has 4 rings (SSSR count). The molecule has 0 atom stereocenters. The lowest BCUT2D eigenvalue weighted by atomic mass is 9.98. The van der Waals surface area contributed by atoms with Crippen LogP contribution in [0.3, 0.4) is 0 Å². The number of fused-ring (bicyclic) bond motifs is 1. The van der Waals surface area contributed by atoms with Crippen molar-refractivity contribution in [3.63, 3.8) is 0 Å². The number of morpholine rings is 1. The Bertz CT molecular complexity index is 846. The minimum atomic E-state index is -4.50. The molecule has 0 spiro atoms. The van der Waals surface area contributed by atoms with Gasteiger partial charge in [-0.05, 0) is 35.4 Å². The van der Waals surface area contributed by atoms with E-state index in [-0.39, 0.29) is 23.6 Å². The number of benzene rings is 2. The average molecular weight is 376 g/mol. The summed E-state index contributed by atoms with van der Waals surface area (Å²) >= 11 is 0. The number of carbonyl (C=O) groups excluding carboxylic acids is 1. The fourth-order valence-electron chi connectivity index (χ4n) is 3.65. The van der Waals surface area contributed by atoms with E-state index < -0.39 is 11.7 Å². The second-order valence-corrected chi connectivity index (χ2v) is 6.78. The molecule has 0 N–H and O–H groups in total. The standard InChI is InChI=1S/C20H19F3N2O2/c21-20(22,23)18-11-14(12-24-6-8-27-9-7-24)10-16-17(18)13-25(19(16)26)15-4-2-1-3-5-15/h1-5,10-11H,6-9,12-13H2. The lowest BCUT2D eigenvalue weighted by Crippen LogP contribution is -2.35. The summed E-state index contributed by atoms with van der Waals surface area (Å²) in [6.45, 7) is 2.78. The van der Waals surface area contributed by atoms with E-state index in [9.17, 15) is 18.0 Å². The molecule has 142 valence electrons. The van der Waals surface area contributed by atoms with E-state index in [0.717, 1.165) is 0 Å². The highest BCUT2D eigenvalue weighted by molar-refractivity contribution is 6.10. The molecule has 0 radical (unpaired) electrons. The number of anilines is 1. The molecule has 7 heteroatoms. The maximum absolute atomic E-state index is 13.7. The van der Waals surface area contributed by atoms with Crippen LogP contribution in [0.4, 0.5) is 18.9 Å². The van der Waals surface area contributed by atoms with E-state index in [1.807, 2.05) is 4.90 Å². The van der Waals surface area contributed by atoms with Crippen LogP contribution < -0.4 is 4.90 Å². The van der Waals surface area contributed by atoms with Crippen molar-refractivity contribution in [3.05, 3.63) is 64.7 Å². The molecule has 0 saturated carbocycles. The summed E-state index contributed by atoms with van der Waals surface area (Å²) in [6, 6.07) is 11.6. The van der Waals surface area contributed by atoms with Crippen molar-refractivity contribution in [1.82, 2.24) is 4.90 Å². The third-order valence-electron chi connectivity index (χ3n) is 4.98. The van der Waals surface area contributed by atoms with Crippen molar-refractivity contribution in [3.8, 4) is 0 Å². The summed E-state index contributed by atoms with van der Waals surface area (Å²) in [5, 5.41) is 0. The maximum atomic E-state index is 13.7. The Hall–Kier alpha value is -2.38. The van der Waals surface area contributed by atoms with Gasteiger partial charge in [0.05, 0.1) is 25.3 Å². The van der Waals surface area contributed by atoms with E-state index in [1.165, 1.54) is 11.0 Å².